The normalized spacial score (nSPS) is 32.1. The number of carbonyl (C=O) groups is 1. The van der Waals surface area contributed by atoms with E-state index in [0.717, 1.165) is 22.9 Å². The van der Waals surface area contributed by atoms with E-state index in [1.165, 1.54) is 12.8 Å². The lowest BCUT2D eigenvalue weighted by atomic mass is 9.94. The number of halogens is 1. The van der Waals surface area contributed by atoms with E-state index in [9.17, 15) is 9.90 Å². The van der Waals surface area contributed by atoms with Crippen LogP contribution in [-0.2, 0) is 9.53 Å². The number of carbonyl (C=O) groups excluding carboxylic acids is 1. The van der Waals surface area contributed by atoms with Gasteiger partial charge in [0.25, 0.3) is 0 Å². The zero-order valence-electron chi connectivity index (χ0n) is 15.4. The number of ether oxygens (including phenoxy) is 1. The summed E-state index contributed by atoms with van der Waals surface area (Å²) in [7, 11) is 2.37. The van der Waals surface area contributed by atoms with E-state index in [2.05, 4.69) is 20.9 Å². The Bertz CT molecular complexity index is 564. The molecule has 3 rings (SSSR count). The number of benzene rings is 1. The van der Waals surface area contributed by atoms with E-state index in [1.807, 2.05) is 30.3 Å². The van der Waals surface area contributed by atoms with Gasteiger partial charge in [-0.05, 0) is 19.4 Å². The fourth-order valence-corrected chi connectivity index (χ4v) is 4.82. The highest BCUT2D eigenvalue weighted by Crippen LogP contribution is 2.44. The summed E-state index contributed by atoms with van der Waals surface area (Å²) in [6, 6.07) is 11.2. The van der Waals surface area contributed by atoms with Crippen LogP contribution in [0.5, 0.6) is 0 Å². The van der Waals surface area contributed by atoms with Gasteiger partial charge in [-0.15, -0.1) is 0 Å². The summed E-state index contributed by atoms with van der Waals surface area (Å²) >= 11 is 0. The number of aliphatic hydroxyl groups excluding tert-OH is 1. The number of hydrogen-bond acceptors (Lipinski definition) is 3. The van der Waals surface area contributed by atoms with Gasteiger partial charge in [0.1, 0.15) is 12.0 Å². The predicted molar refractivity (Wildman–Crippen MR) is 93.5 cm³/mol. The monoisotopic (exact) mass is 351 g/mol. The van der Waals surface area contributed by atoms with Gasteiger partial charge in [0.15, 0.2) is 0 Å². The molecule has 0 amide bonds. The van der Waals surface area contributed by atoms with Gasteiger partial charge in [-0.3, -0.25) is 4.79 Å². The van der Waals surface area contributed by atoms with Crippen LogP contribution in [0.25, 0.3) is 0 Å². The topological polar surface area (TPSA) is 46.5 Å². The average Bonchev–Trinajstić information content (AvgIpc) is 2.74. The Morgan fingerprint density at radius 2 is 1.76 bits per heavy atom. The van der Waals surface area contributed by atoms with Crippen LogP contribution in [-0.4, -0.2) is 53.4 Å². The summed E-state index contributed by atoms with van der Waals surface area (Å²) in [6.45, 7) is 4.39. The third kappa shape index (κ3) is 3.58. The minimum Gasteiger partial charge on any atom is -1.00 e. The summed E-state index contributed by atoms with van der Waals surface area (Å²) in [5.41, 5.74) is 0.826. The second-order valence-corrected chi connectivity index (χ2v) is 7.88. The molecule has 0 spiro atoms. The van der Waals surface area contributed by atoms with Crippen molar-refractivity contribution in [3.63, 3.8) is 0 Å². The maximum absolute atomic E-state index is 12.6. The SMILES string of the molecule is CC(C)[N+]1(C)C2CCC1CC(OC(=O)C(CO)c1ccccc1)C2.[F-]. The average molecular weight is 351 g/mol. The molecule has 1 N–H and O–H groups in total. The molecule has 2 saturated heterocycles. The molecule has 0 aromatic heterocycles. The lowest BCUT2D eigenvalue weighted by molar-refractivity contribution is -0.968. The van der Waals surface area contributed by atoms with E-state index in [-0.39, 0.29) is 23.4 Å². The zero-order chi connectivity index (χ0) is 17.3. The van der Waals surface area contributed by atoms with Crippen molar-refractivity contribution in [2.45, 2.75) is 69.7 Å². The van der Waals surface area contributed by atoms with Crippen LogP contribution in [0, 0.1) is 0 Å². The fraction of sp³-hybridized carbons (Fsp3) is 0.650. The van der Waals surface area contributed by atoms with Crippen LogP contribution in [0.4, 0.5) is 0 Å². The molecule has 2 aliphatic rings. The third-order valence-electron chi connectivity index (χ3n) is 6.54. The quantitative estimate of drug-likeness (QED) is 0.593. The molecular formula is C20H30FNO3. The van der Waals surface area contributed by atoms with Crippen molar-refractivity contribution < 1.29 is 23.8 Å². The predicted octanol–water partition coefficient (Wildman–Crippen LogP) is -0.142. The maximum Gasteiger partial charge on any atom is 0.316 e. The van der Waals surface area contributed by atoms with Gasteiger partial charge in [0.05, 0.1) is 31.8 Å². The summed E-state index contributed by atoms with van der Waals surface area (Å²) in [5, 5.41) is 9.65. The molecule has 25 heavy (non-hydrogen) atoms. The molecule has 0 radical (unpaired) electrons. The molecular weight excluding hydrogens is 321 g/mol. The zero-order valence-corrected chi connectivity index (χ0v) is 15.4. The number of nitrogens with zero attached hydrogens (tertiary/aromatic N) is 1. The molecule has 2 bridgehead atoms. The number of esters is 1. The molecule has 0 aliphatic carbocycles. The summed E-state index contributed by atoms with van der Waals surface area (Å²) in [4.78, 5) is 12.6. The Balaban J connectivity index is 0.00000225. The smallest absolute Gasteiger partial charge is 0.316 e. The second kappa shape index (κ2) is 7.83. The number of piperidine rings is 1. The highest BCUT2D eigenvalue weighted by molar-refractivity contribution is 5.78. The van der Waals surface area contributed by atoms with Crippen LogP contribution in [0.3, 0.4) is 0 Å². The van der Waals surface area contributed by atoms with E-state index in [0.29, 0.717) is 18.1 Å². The molecule has 4 nitrogen and oxygen atoms in total. The molecule has 5 heteroatoms. The molecule has 2 fully saturated rings. The first kappa shape index (κ1) is 19.9. The van der Waals surface area contributed by atoms with Gasteiger partial charge in [-0.1, -0.05) is 30.3 Å². The molecule has 3 atom stereocenters. The Hall–Kier alpha value is -1.46. The largest absolute Gasteiger partial charge is 1.00 e. The second-order valence-electron chi connectivity index (χ2n) is 7.88. The number of rotatable bonds is 5. The van der Waals surface area contributed by atoms with E-state index < -0.39 is 5.92 Å². The number of hydrogen-bond donors (Lipinski definition) is 1. The molecule has 2 aliphatic heterocycles. The lowest BCUT2D eigenvalue weighted by Crippen LogP contribution is -3.00. The van der Waals surface area contributed by atoms with Crippen LogP contribution in [0.15, 0.2) is 30.3 Å². The first-order valence-corrected chi connectivity index (χ1v) is 9.18. The molecule has 1 aromatic carbocycles. The third-order valence-corrected chi connectivity index (χ3v) is 6.54. The first-order chi connectivity index (χ1) is 11.5. The Labute approximate surface area is 149 Å². The summed E-state index contributed by atoms with van der Waals surface area (Å²) < 4.78 is 6.96. The van der Waals surface area contributed by atoms with Gasteiger partial charge in [0.2, 0.25) is 0 Å². The summed E-state index contributed by atoms with van der Waals surface area (Å²) in [6.07, 6.45) is 4.36. The number of quaternary nitrogens is 1. The van der Waals surface area contributed by atoms with E-state index >= 15 is 0 Å². The first-order valence-electron chi connectivity index (χ1n) is 9.18. The van der Waals surface area contributed by atoms with Crippen molar-refractivity contribution >= 4 is 5.97 Å². The highest BCUT2D eigenvalue weighted by atomic mass is 19.0. The Morgan fingerprint density at radius 1 is 1.20 bits per heavy atom. The minimum atomic E-state index is -0.572. The molecule has 0 saturated carbocycles. The standard InChI is InChI=1S/C20H30NO3.FH/c1-14(2)21(3)16-9-10-17(21)12-18(11-16)24-20(23)19(13-22)15-7-5-4-6-8-15;/h4-8,14,16-19,22H,9-13H2,1-3H3;1H/q+1;/p-1. The van der Waals surface area contributed by atoms with E-state index in [4.69, 9.17) is 4.74 Å². The van der Waals surface area contributed by atoms with Crippen LogP contribution in [0.1, 0.15) is 51.0 Å². The molecule has 1 aromatic rings. The maximum atomic E-state index is 12.6. The van der Waals surface area contributed by atoms with Gasteiger partial charge in [0, 0.05) is 25.7 Å². The minimum absolute atomic E-state index is 0. The van der Waals surface area contributed by atoms with Gasteiger partial charge in [-0.2, -0.15) is 0 Å². The van der Waals surface area contributed by atoms with Crippen molar-refractivity contribution in [3.05, 3.63) is 35.9 Å². The summed E-state index contributed by atoms with van der Waals surface area (Å²) in [5.74, 6) is -0.856. The number of aliphatic hydroxyl groups is 1. The Kier molecular flexibility index (Phi) is 6.22. The molecule has 2 heterocycles. The van der Waals surface area contributed by atoms with Crippen LogP contribution >= 0.6 is 0 Å². The number of fused-ring (bicyclic) bond motifs is 2. The Morgan fingerprint density at radius 3 is 2.24 bits per heavy atom. The molecule has 3 unspecified atom stereocenters. The molecule has 140 valence electrons. The highest BCUT2D eigenvalue weighted by Gasteiger charge is 2.53. The van der Waals surface area contributed by atoms with Crippen LogP contribution < -0.4 is 4.70 Å². The van der Waals surface area contributed by atoms with Gasteiger partial charge >= 0.3 is 5.97 Å². The van der Waals surface area contributed by atoms with Gasteiger partial charge in [-0.25, -0.2) is 0 Å². The lowest BCUT2D eigenvalue weighted by Gasteiger charge is -2.49. The van der Waals surface area contributed by atoms with Crippen molar-refractivity contribution in [1.82, 2.24) is 0 Å². The van der Waals surface area contributed by atoms with Crippen molar-refractivity contribution in [2.75, 3.05) is 13.7 Å². The van der Waals surface area contributed by atoms with Crippen LogP contribution in [0.2, 0.25) is 0 Å². The van der Waals surface area contributed by atoms with Gasteiger partial charge < -0.3 is 19.0 Å². The van der Waals surface area contributed by atoms with Crippen molar-refractivity contribution in [2.24, 2.45) is 0 Å². The van der Waals surface area contributed by atoms with E-state index in [1.54, 1.807) is 0 Å². The fourth-order valence-electron chi connectivity index (χ4n) is 4.82. The van der Waals surface area contributed by atoms with Crippen molar-refractivity contribution in [3.8, 4) is 0 Å². The van der Waals surface area contributed by atoms with Crippen molar-refractivity contribution in [1.29, 1.82) is 0 Å².